The molecule has 2 saturated carbocycles. The molecule has 8 nitrogen and oxygen atoms in total. The van der Waals surface area contributed by atoms with Crippen molar-refractivity contribution in [2.24, 2.45) is 17.3 Å². The Morgan fingerprint density at radius 3 is 2.56 bits per heavy atom. The van der Waals surface area contributed by atoms with E-state index in [-0.39, 0.29) is 23.0 Å². The highest BCUT2D eigenvalue weighted by molar-refractivity contribution is 5.49. The van der Waals surface area contributed by atoms with E-state index in [0.717, 1.165) is 49.7 Å². The van der Waals surface area contributed by atoms with Gasteiger partial charge in [-0.25, -0.2) is 0 Å². The van der Waals surface area contributed by atoms with Crippen LogP contribution in [0.25, 0.3) is 0 Å². The topological polar surface area (TPSA) is 140 Å². The Bertz CT molecular complexity index is 859. The number of fused-ring (bicyclic) bond motifs is 5. The molecule has 0 spiro atoms. The molecule has 1 saturated heterocycles. The first-order valence-electron chi connectivity index (χ1n) is 11.8. The van der Waals surface area contributed by atoms with Gasteiger partial charge < -0.3 is 40.1 Å². The predicted molar refractivity (Wildman–Crippen MR) is 113 cm³/mol. The normalized spacial score (nSPS) is 45.6. The van der Waals surface area contributed by atoms with Crippen LogP contribution in [-0.4, -0.2) is 74.1 Å². The van der Waals surface area contributed by atoms with E-state index >= 15 is 0 Å². The maximum Gasteiger partial charge on any atom is 0.229 e. The third-order valence-corrected chi connectivity index (χ3v) is 8.85. The summed E-state index contributed by atoms with van der Waals surface area (Å²) in [5, 5.41) is 60.9. The zero-order valence-electron chi connectivity index (χ0n) is 18.3. The van der Waals surface area contributed by atoms with E-state index in [0.29, 0.717) is 17.8 Å². The molecule has 3 aliphatic carbocycles. The minimum atomic E-state index is -1.54. The van der Waals surface area contributed by atoms with Crippen molar-refractivity contribution in [3.05, 3.63) is 23.3 Å². The van der Waals surface area contributed by atoms with Gasteiger partial charge >= 0.3 is 0 Å². The first-order chi connectivity index (χ1) is 15.2. The summed E-state index contributed by atoms with van der Waals surface area (Å²) in [6.07, 6.45) is -1.42. The van der Waals surface area contributed by atoms with E-state index in [9.17, 15) is 30.6 Å². The van der Waals surface area contributed by atoms with Gasteiger partial charge in [0.25, 0.3) is 0 Å². The van der Waals surface area contributed by atoms with Gasteiger partial charge in [-0.2, -0.15) is 0 Å². The average molecular weight is 451 g/mol. The fourth-order valence-corrected chi connectivity index (χ4v) is 6.94. The van der Waals surface area contributed by atoms with Gasteiger partial charge in [0.15, 0.2) is 11.5 Å². The molecule has 32 heavy (non-hydrogen) atoms. The van der Waals surface area contributed by atoms with Crippen molar-refractivity contribution in [3.63, 3.8) is 0 Å². The number of aliphatic hydroxyl groups excluding tert-OH is 5. The Kier molecular flexibility index (Phi) is 5.67. The van der Waals surface area contributed by atoms with Crippen LogP contribution in [0.4, 0.5) is 0 Å². The van der Waals surface area contributed by atoms with Crippen LogP contribution in [0.2, 0.25) is 0 Å². The van der Waals surface area contributed by atoms with Gasteiger partial charge in [0.1, 0.15) is 24.4 Å². The fraction of sp³-hybridized carbons (Fsp3) is 0.750. The molecule has 1 aliphatic heterocycles. The first-order valence-corrected chi connectivity index (χ1v) is 11.8. The van der Waals surface area contributed by atoms with Crippen LogP contribution in [0.15, 0.2) is 12.1 Å². The summed E-state index contributed by atoms with van der Waals surface area (Å²) in [6, 6.07) is 3.53. The van der Waals surface area contributed by atoms with Gasteiger partial charge in [-0.05, 0) is 85.0 Å². The number of aryl methyl sites for hydroxylation is 1. The van der Waals surface area contributed by atoms with Crippen LogP contribution in [0.5, 0.6) is 11.5 Å². The Morgan fingerprint density at radius 1 is 1.03 bits per heavy atom. The summed E-state index contributed by atoms with van der Waals surface area (Å²) >= 11 is 0. The Hall–Kier alpha value is -1.42. The number of phenols is 1. The van der Waals surface area contributed by atoms with Crippen LogP contribution in [0, 0.1) is 17.3 Å². The number of hydrogen-bond acceptors (Lipinski definition) is 8. The van der Waals surface area contributed by atoms with Crippen LogP contribution in [0.3, 0.4) is 0 Å². The molecule has 3 fully saturated rings. The molecule has 10 atom stereocenters. The van der Waals surface area contributed by atoms with Crippen molar-refractivity contribution in [1.29, 1.82) is 0 Å². The second kappa shape index (κ2) is 8.11. The standard InChI is InChI=1S/C24H34O8/c1-24-7-6-12-13(15(24)4-5-19(24)27)3-2-11-8-17(16(26)9-14(11)12)31-23-22(30)21(29)20(28)18(10-25)32-23/h8-9,12-13,15,18-23,25-30H,2-7,10H2,1H3/t12-,13+,15-,18+,19-,20+,21-,22+,23-,24-/m0/s1. The lowest BCUT2D eigenvalue weighted by Gasteiger charge is -2.50. The molecule has 1 aromatic rings. The SMILES string of the molecule is C[C@]12CC[C@@H]3c4cc(O)c(O[C@H]5O[C@H](CO)[C@@H](O)[C@H](O)[C@H]5O)cc4CC[C@H]3[C@@H]1CC[C@@H]2O. The molecule has 0 unspecified atom stereocenters. The lowest BCUT2D eigenvalue weighted by Crippen LogP contribution is -2.60. The number of ether oxygens (including phenoxy) is 2. The predicted octanol–water partition coefficient (Wildman–Crippen LogP) is 0.788. The second-order valence-corrected chi connectivity index (χ2v) is 10.4. The fourth-order valence-electron chi connectivity index (χ4n) is 6.94. The maximum absolute atomic E-state index is 10.7. The van der Waals surface area contributed by atoms with Gasteiger partial charge in [0.05, 0.1) is 12.7 Å². The number of hydrogen-bond donors (Lipinski definition) is 6. The number of aliphatic hydroxyl groups is 5. The van der Waals surface area contributed by atoms with Crippen molar-refractivity contribution in [2.75, 3.05) is 6.61 Å². The molecule has 8 heteroatoms. The molecule has 0 aromatic heterocycles. The largest absolute Gasteiger partial charge is 0.504 e. The van der Waals surface area contributed by atoms with E-state index in [4.69, 9.17) is 9.47 Å². The van der Waals surface area contributed by atoms with E-state index in [1.165, 1.54) is 0 Å². The summed E-state index contributed by atoms with van der Waals surface area (Å²) in [6.45, 7) is 1.69. The Morgan fingerprint density at radius 2 is 1.81 bits per heavy atom. The highest BCUT2D eigenvalue weighted by Gasteiger charge is 2.54. The van der Waals surface area contributed by atoms with E-state index in [1.54, 1.807) is 12.1 Å². The highest BCUT2D eigenvalue weighted by atomic mass is 16.7. The zero-order chi connectivity index (χ0) is 22.8. The van der Waals surface area contributed by atoms with Crippen molar-refractivity contribution in [1.82, 2.24) is 0 Å². The molecule has 5 rings (SSSR count). The zero-order valence-corrected chi connectivity index (χ0v) is 18.3. The van der Waals surface area contributed by atoms with Crippen molar-refractivity contribution >= 4 is 0 Å². The summed E-state index contributed by atoms with van der Waals surface area (Å²) in [5.41, 5.74) is 2.21. The number of rotatable bonds is 3. The summed E-state index contributed by atoms with van der Waals surface area (Å²) < 4.78 is 11.1. The minimum Gasteiger partial charge on any atom is -0.504 e. The molecule has 1 aromatic carbocycles. The van der Waals surface area contributed by atoms with Gasteiger partial charge in [0, 0.05) is 0 Å². The van der Waals surface area contributed by atoms with E-state index in [2.05, 4.69) is 6.92 Å². The smallest absolute Gasteiger partial charge is 0.229 e. The molecule has 0 bridgehead atoms. The molecule has 0 radical (unpaired) electrons. The highest BCUT2D eigenvalue weighted by Crippen LogP contribution is 2.61. The summed E-state index contributed by atoms with van der Waals surface area (Å²) in [7, 11) is 0. The van der Waals surface area contributed by atoms with Gasteiger partial charge in [-0.3, -0.25) is 0 Å². The number of aromatic hydroxyl groups is 1. The van der Waals surface area contributed by atoms with Gasteiger partial charge in [-0.15, -0.1) is 0 Å². The Balaban J connectivity index is 1.38. The van der Waals surface area contributed by atoms with E-state index < -0.39 is 37.3 Å². The second-order valence-electron chi connectivity index (χ2n) is 10.4. The third kappa shape index (κ3) is 3.35. The number of benzene rings is 1. The van der Waals surface area contributed by atoms with Crippen molar-refractivity contribution < 1.29 is 40.1 Å². The van der Waals surface area contributed by atoms with Crippen molar-refractivity contribution in [2.45, 2.75) is 88.2 Å². The molecule has 4 aliphatic rings. The van der Waals surface area contributed by atoms with Crippen LogP contribution >= 0.6 is 0 Å². The number of phenolic OH excluding ortho intramolecular Hbond substituents is 1. The quantitative estimate of drug-likeness (QED) is 0.397. The van der Waals surface area contributed by atoms with E-state index in [1.807, 2.05) is 0 Å². The summed E-state index contributed by atoms with van der Waals surface area (Å²) in [5.74, 6) is 1.41. The molecular weight excluding hydrogens is 416 g/mol. The lowest BCUT2D eigenvalue weighted by molar-refractivity contribution is -0.277. The van der Waals surface area contributed by atoms with Gasteiger partial charge in [-0.1, -0.05) is 6.92 Å². The molecule has 0 amide bonds. The average Bonchev–Trinajstić information content (AvgIpc) is 3.09. The van der Waals surface area contributed by atoms with Gasteiger partial charge in [0.2, 0.25) is 6.29 Å². The van der Waals surface area contributed by atoms with Crippen LogP contribution < -0.4 is 4.74 Å². The molecule has 1 heterocycles. The lowest BCUT2D eigenvalue weighted by atomic mass is 9.55. The first kappa shape index (κ1) is 22.4. The molecule has 6 N–H and O–H groups in total. The monoisotopic (exact) mass is 450 g/mol. The molecule has 178 valence electrons. The molecular formula is C24H34O8. The Labute approximate surface area is 187 Å². The van der Waals surface area contributed by atoms with Crippen LogP contribution in [-0.2, 0) is 11.2 Å². The summed E-state index contributed by atoms with van der Waals surface area (Å²) in [4.78, 5) is 0. The van der Waals surface area contributed by atoms with Crippen molar-refractivity contribution in [3.8, 4) is 11.5 Å². The third-order valence-electron chi connectivity index (χ3n) is 8.85. The minimum absolute atomic E-state index is 0.00707. The van der Waals surface area contributed by atoms with Crippen LogP contribution in [0.1, 0.15) is 56.1 Å². The maximum atomic E-state index is 10.7.